The molecule has 2 aromatic carbocycles. The van der Waals surface area contributed by atoms with Crippen LogP contribution < -0.4 is 0 Å². The molecule has 2 heterocycles. The molecule has 0 saturated carbocycles. The van der Waals surface area contributed by atoms with Crippen LogP contribution in [0.3, 0.4) is 0 Å². The summed E-state index contributed by atoms with van der Waals surface area (Å²) < 4.78 is 1.95. The van der Waals surface area contributed by atoms with Gasteiger partial charge in [-0.25, -0.2) is 0 Å². The zero-order valence-corrected chi connectivity index (χ0v) is 19.0. The number of benzene rings is 2. The van der Waals surface area contributed by atoms with Gasteiger partial charge in [-0.3, -0.25) is 19.1 Å². The van der Waals surface area contributed by atoms with Crippen LogP contribution in [0.15, 0.2) is 53.7 Å². The van der Waals surface area contributed by atoms with Crippen LogP contribution in [0.4, 0.5) is 0 Å². The number of likely N-dealkylation sites (tertiary alicyclic amines) is 1. The maximum atomic E-state index is 13.3. The van der Waals surface area contributed by atoms with Crippen LogP contribution >= 0.6 is 23.4 Å². The molecular weight excluding hydrogens is 432 g/mol. The molecule has 6 nitrogen and oxygen atoms in total. The summed E-state index contributed by atoms with van der Waals surface area (Å²) in [6.07, 6.45) is 2.34. The Morgan fingerprint density at radius 2 is 1.74 bits per heavy atom. The average molecular weight is 455 g/mol. The third-order valence-electron chi connectivity index (χ3n) is 5.31. The standard InChI is InChI=1S/C23H23ClN4O2S/c1-15-6-12-19(13-7-15)28-16(2)25-26-23(28)31-20-5-3-4-14-27(22(20)30)21(29)17-8-10-18(24)11-9-17/h6-13,20H,3-5,14H2,1-2H3/t20-/m1/s1. The lowest BCUT2D eigenvalue weighted by atomic mass is 10.2. The van der Waals surface area contributed by atoms with Gasteiger partial charge in [-0.15, -0.1) is 10.2 Å². The second kappa shape index (κ2) is 9.24. The van der Waals surface area contributed by atoms with Crippen molar-refractivity contribution in [3.05, 3.63) is 70.5 Å². The van der Waals surface area contributed by atoms with Crippen molar-refractivity contribution in [2.45, 2.75) is 43.5 Å². The number of thioether (sulfide) groups is 1. The number of imide groups is 1. The Hall–Kier alpha value is -2.64. The largest absolute Gasteiger partial charge is 0.278 e. The van der Waals surface area contributed by atoms with Crippen LogP contribution in [0.25, 0.3) is 5.69 Å². The molecule has 8 heteroatoms. The second-order valence-electron chi connectivity index (χ2n) is 7.60. The summed E-state index contributed by atoms with van der Waals surface area (Å²) >= 11 is 7.31. The van der Waals surface area contributed by atoms with E-state index in [1.807, 2.05) is 42.7 Å². The molecule has 0 bridgehead atoms. The fourth-order valence-corrected chi connectivity index (χ4v) is 4.93. The molecule has 1 aromatic heterocycles. The number of nitrogens with zero attached hydrogens (tertiary/aromatic N) is 4. The predicted octanol–water partition coefficient (Wildman–Crippen LogP) is 4.85. The van der Waals surface area contributed by atoms with Gasteiger partial charge in [0, 0.05) is 22.8 Å². The summed E-state index contributed by atoms with van der Waals surface area (Å²) in [6.45, 7) is 4.35. The summed E-state index contributed by atoms with van der Waals surface area (Å²) in [7, 11) is 0. The first-order chi connectivity index (χ1) is 14.9. The first kappa shape index (κ1) is 21.6. The quantitative estimate of drug-likeness (QED) is 0.527. The van der Waals surface area contributed by atoms with Crippen molar-refractivity contribution in [3.8, 4) is 5.69 Å². The summed E-state index contributed by atoms with van der Waals surface area (Å²) in [5.41, 5.74) is 2.58. The van der Waals surface area contributed by atoms with E-state index in [1.54, 1.807) is 24.3 Å². The fraction of sp³-hybridized carbons (Fsp3) is 0.304. The predicted molar refractivity (Wildman–Crippen MR) is 122 cm³/mol. The molecule has 1 fully saturated rings. The van der Waals surface area contributed by atoms with Gasteiger partial charge in [0.1, 0.15) is 5.82 Å². The molecule has 1 aliphatic rings. The van der Waals surface area contributed by atoms with Crippen molar-refractivity contribution in [2.24, 2.45) is 0 Å². The highest BCUT2D eigenvalue weighted by Gasteiger charge is 2.33. The Kier molecular flexibility index (Phi) is 6.43. The monoisotopic (exact) mass is 454 g/mol. The number of halogens is 1. The number of aryl methyl sites for hydroxylation is 2. The van der Waals surface area contributed by atoms with Gasteiger partial charge in [0.05, 0.1) is 5.25 Å². The zero-order chi connectivity index (χ0) is 22.0. The minimum Gasteiger partial charge on any atom is -0.278 e. The van der Waals surface area contributed by atoms with Crippen LogP contribution in [0.1, 0.15) is 41.0 Å². The highest BCUT2D eigenvalue weighted by molar-refractivity contribution is 8.00. The Morgan fingerprint density at radius 1 is 1.03 bits per heavy atom. The molecule has 3 aromatic rings. The first-order valence-corrected chi connectivity index (χ1v) is 11.5. The minimum atomic E-state index is -0.397. The molecule has 1 saturated heterocycles. The molecule has 0 radical (unpaired) electrons. The normalized spacial score (nSPS) is 16.9. The SMILES string of the molecule is Cc1ccc(-n2c(C)nnc2S[C@@H]2CCCCN(C(=O)c3ccc(Cl)cc3)C2=O)cc1. The Balaban J connectivity index is 1.59. The molecule has 0 aliphatic carbocycles. The number of rotatable bonds is 4. The van der Waals surface area contributed by atoms with Gasteiger partial charge < -0.3 is 0 Å². The van der Waals surface area contributed by atoms with E-state index < -0.39 is 5.25 Å². The van der Waals surface area contributed by atoms with Crippen molar-refractivity contribution < 1.29 is 9.59 Å². The lowest BCUT2D eigenvalue weighted by molar-refractivity contribution is -0.127. The van der Waals surface area contributed by atoms with E-state index in [4.69, 9.17) is 11.6 Å². The summed E-state index contributed by atoms with van der Waals surface area (Å²) in [6, 6.07) is 14.7. The van der Waals surface area contributed by atoms with E-state index >= 15 is 0 Å². The Morgan fingerprint density at radius 3 is 2.45 bits per heavy atom. The van der Waals surface area contributed by atoms with E-state index in [9.17, 15) is 9.59 Å². The number of hydrogen-bond donors (Lipinski definition) is 0. The van der Waals surface area contributed by atoms with E-state index in [1.165, 1.54) is 22.2 Å². The summed E-state index contributed by atoms with van der Waals surface area (Å²) in [5, 5.41) is 9.35. The fourth-order valence-electron chi connectivity index (χ4n) is 3.60. The number of carbonyl (C=O) groups excluding carboxylic acids is 2. The molecule has 31 heavy (non-hydrogen) atoms. The van der Waals surface area contributed by atoms with Crippen molar-refractivity contribution in [1.29, 1.82) is 0 Å². The van der Waals surface area contributed by atoms with Gasteiger partial charge in [-0.1, -0.05) is 47.5 Å². The lowest BCUT2D eigenvalue weighted by Crippen LogP contribution is -2.41. The number of aromatic nitrogens is 3. The van der Waals surface area contributed by atoms with Gasteiger partial charge in [-0.2, -0.15) is 0 Å². The van der Waals surface area contributed by atoms with Crippen molar-refractivity contribution in [1.82, 2.24) is 19.7 Å². The minimum absolute atomic E-state index is 0.182. The van der Waals surface area contributed by atoms with Crippen molar-refractivity contribution in [3.63, 3.8) is 0 Å². The van der Waals surface area contributed by atoms with Gasteiger partial charge >= 0.3 is 0 Å². The highest BCUT2D eigenvalue weighted by Crippen LogP contribution is 2.31. The number of hydrogen-bond acceptors (Lipinski definition) is 5. The average Bonchev–Trinajstić information content (AvgIpc) is 3.02. The van der Waals surface area contributed by atoms with Gasteiger partial charge in [0.2, 0.25) is 5.91 Å². The highest BCUT2D eigenvalue weighted by atomic mass is 35.5. The maximum Gasteiger partial charge on any atom is 0.260 e. The summed E-state index contributed by atoms with van der Waals surface area (Å²) in [4.78, 5) is 27.7. The molecule has 2 amide bonds. The van der Waals surface area contributed by atoms with Crippen LogP contribution in [0, 0.1) is 13.8 Å². The Labute approximate surface area is 190 Å². The molecule has 160 valence electrons. The summed E-state index contributed by atoms with van der Waals surface area (Å²) in [5.74, 6) is 0.283. The van der Waals surface area contributed by atoms with Crippen LogP contribution in [-0.2, 0) is 4.79 Å². The first-order valence-electron chi connectivity index (χ1n) is 10.2. The van der Waals surface area contributed by atoms with E-state index in [0.717, 1.165) is 24.4 Å². The molecular formula is C23H23ClN4O2S. The smallest absolute Gasteiger partial charge is 0.260 e. The number of carbonyl (C=O) groups is 2. The van der Waals surface area contributed by atoms with Crippen LogP contribution in [0.5, 0.6) is 0 Å². The maximum absolute atomic E-state index is 13.3. The van der Waals surface area contributed by atoms with E-state index in [-0.39, 0.29) is 11.8 Å². The van der Waals surface area contributed by atoms with Gasteiger partial charge in [-0.05, 0) is 63.1 Å². The zero-order valence-electron chi connectivity index (χ0n) is 17.4. The molecule has 0 spiro atoms. The Bertz CT molecular complexity index is 1100. The molecule has 4 rings (SSSR count). The van der Waals surface area contributed by atoms with Gasteiger partial charge in [0.15, 0.2) is 5.16 Å². The number of amides is 2. The molecule has 0 N–H and O–H groups in total. The lowest BCUT2D eigenvalue weighted by Gasteiger charge is -2.22. The van der Waals surface area contributed by atoms with Crippen molar-refractivity contribution >= 4 is 35.2 Å². The van der Waals surface area contributed by atoms with Crippen LogP contribution in [0.2, 0.25) is 5.02 Å². The van der Waals surface area contributed by atoms with Crippen molar-refractivity contribution in [2.75, 3.05) is 6.54 Å². The van der Waals surface area contributed by atoms with Crippen LogP contribution in [-0.4, -0.2) is 43.3 Å². The van der Waals surface area contributed by atoms with Gasteiger partial charge in [0.25, 0.3) is 5.91 Å². The third-order valence-corrected chi connectivity index (χ3v) is 6.76. The van der Waals surface area contributed by atoms with E-state index in [0.29, 0.717) is 28.7 Å². The second-order valence-corrected chi connectivity index (χ2v) is 9.21. The third kappa shape index (κ3) is 4.67. The molecule has 0 unspecified atom stereocenters. The molecule has 1 aliphatic heterocycles. The van der Waals surface area contributed by atoms with E-state index in [2.05, 4.69) is 10.2 Å². The molecule has 1 atom stereocenters. The topological polar surface area (TPSA) is 68.1 Å².